The van der Waals surface area contributed by atoms with E-state index in [-0.39, 0.29) is 11.9 Å². The maximum Gasteiger partial charge on any atom is 0.222 e. The van der Waals surface area contributed by atoms with Crippen molar-refractivity contribution in [1.29, 1.82) is 0 Å². The summed E-state index contributed by atoms with van der Waals surface area (Å²) in [6.45, 7) is 2.80. The number of piperidine rings is 1. The first-order valence-corrected chi connectivity index (χ1v) is 7.18. The molecule has 1 saturated heterocycles. The molecule has 1 aliphatic rings. The Kier molecular flexibility index (Phi) is 4.71. The summed E-state index contributed by atoms with van der Waals surface area (Å²) in [6, 6.07) is 6.07. The largest absolute Gasteiger partial charge is 0.344 e. The third-order valence-corrected chi connectivity index (χ3v) is 4.39. The highest BCUT2D eigenvalue weighted by atomic mass is 35.5. The molecule has 0 unspecified atom stereocenters. The van der Waals surface area contributed by atoms with Gasteiger partial charge in [0.1, 0.15) is 0 Å². The van der Waals surface area contributed by atoms with Crippen LogP contribution in [0.2, 0.25) is 10.0 Å². The number of likely N-dealkylation sites (N-methyl/N-ethyl adjacent to an activating group) is 1. The second-order valence-electron chi connectivity index (χ2n) is 5.04. The molecule has 1 fully saturated rings. The summed E-state index contributed by atoms with van der Waals surface area (Å²) in [5.74, 6) is 0.214. The molecule has 1 heterocycles. The Morgan fingerprint density at radius 2 is 2.16 bits per heavy atom. The SMILES string of the molecule is C[C@H](N[C@@H]1CCC(=O)N(C)C1)c1cccc(Cl)c1Cl. The Balaban J connectivity index is 2.03. The number of nitrogens with zero attached hydrogens (tertiary/aromatic N) is 1. The zero-order valence-electron chi connectivity index (χ0n) is 11.1. The minimum Gasteiger partial charge on any atom is -0.344 e. The molecule has 0 bridgehead atoms. The second kappa shape index (κ2) is 6.12. The van der Waals surface area contributed by atoms with Crippen molar-refractivity contribution in [2.24, 2.45) is 0 Å². The van der Waals surface area contributed by atoms with Gasteiger partial charge in [-0.3, -0.25) is 4.79 Å². The summed E-state index contributed by atoms with van der Waals surface area (Å²) in [6.07, 6.45) is 1.47. The van der Waals surface area contributed by atoms with Gasteiger partial charge in [0.15, 0.2) is 0 Å². The van der Waals surface area contributed by atoms with Crippen LogP contribution in [0.4, 0.5) is 0 Å². The van der Waals surface area contributed by atoms with Crippen molar-refractivity contribution in [3.05, 3.63) is 33.8 Å². The van der Waals surface area contributed by atoms with E-state index >= 15 is 0 Å². The van der Waals surface area contributed by atoms with Crippen LogP contribution < -0.4 is 5.32 Å². The second-order valence-corrected chi connectivity index (χ2v) is 5.83. The van der Waals surface area contributed by atoms with Gasteiger partial charge in [0, 0.05) is 32.1 Å². The lowest BCUT2D eigenvalue weighted by Gasteiger charge is -2.32. The summed E-state index contributed by atoms with van der Waals surface area (Å²) >= 11 is 12.3. The molecular weight excluding hydrogens is 283 g/mol. The average Bonchev–Trinajstić information content (AvgIpc) is 2.37. The average molecular weight is 301 g/mol. The number of carbonyl (C=O) groups is 1. The highest BCUT2D eigenvalue weighted by Crippen LogP contribution is 2.30. The van der Waals surface area contributed by atoms with Crippen molar-refractivity contribution >= 4 is 29.1 Å². The molecule has 2 atom stereocenters. The van der Waals surface area contributed by atoms with E-state index in [1.54, 1.807) is 11.0 Å². The van der Waals surface area contributed by atoms with E-state index in [1.165, 1.54) is 0 Å². The topological polar surface area (TPSA) is 32.3 Å². The lowest BCUT2D eigenvalue weighted by Crippen LogP contribution is -2.47. The highest BCUT2D eigenvalue weighted by molar-refractivity contribution is 6.42. The fourth-order valence-corrected chi connectivity index (χ4v) is 2.92. The number of likely N-dealkylation sites (tertiary alicyclic amines) is 1. The number of halogens is 2. The van der Waals surface area contributed by atoms with Crippen LogP contribution in [0, 0.1) is 0 Å². The van der Waals surface area contributed by atoms with Crippen molar-refractivity contribution in [2.75, 3.05) is 13.6 Å². The Hall–Kier alpha value is -0.770. The van der Waals surface area contributed by atoms with Gasteiger partial charge in [-0.1, -0.05) is 35.3 Å². The molecule has 0 aromatic heterocycles. The molecule has 0 aliphatic carbocycles. The smallest absolute Gasteiger partial charge is 0.222 e. The van der Waals surface area contributed by atoms with E-state index in [2.05, 4.69) is 12.2 Å². The third kappa shape index (κ3) is 3.41. The summed E-state index contributed by atoms with van der Waals surface area (Å²) in [5, 5.41) is 4.69. The minimum atomic E-state index is 0.109. The van der Waals surface area contributed by atoms with Gasteiger partial charge in [0.25, 0.3) is 0 Å². The molecule has 1 aromatic carbocycles. The quantitative estimate of drug-likeness (QED) is 0.929. The number of amides is 1. The van der Waals surface area contributed by atoms with Crippen LogP contribution in [0.1, 0.15) is 31.4 Å². The number of carbonyl (C=O) groups excluding carboxylic acids is 1. The summed E-state index contributed by atoms with van der Waals surface area (Å²) in [4.78, 5) is 13.2. The maximum atomic E-state index is 11.5. The van der Waals surface area contributed by atoms with Gasteiger partial charge in [-0.15, -0.1) is 0 Å². The molecule has 5 heteroatoms. The number of benzene rings is 1. The molecule has 3 nitrogen and oxygen atoms in total. The van der Waals surface area contributed by atoms with Gasteiger partial charge in [0.05, 0.1) is 10.0 Å². The van der Waals surface area contributed by atoms with Gasteiger partial charge in [-0.2, -0.15) is 0 Å². The molecule has 1 aromatic rings. The van der Waals surface area contributed by atoms with E-state index in [4.69, 9.17) is 23.2 Å². The molecule has 1 amide bonds. The van der Waals surface area contributed by atoms with E-state index in [0.717, 1.165) is 18.5 Å². The van der Waals surface area contributed by atoms with E-state index in [0.29, 0.717) is 22.5 Å². The number of nitrogens with one attached hydrogen (secondary N) is 1. The first-order chi connectivity index (χ1) is 8.99. The van der Waals surface area contributed by atoms with Crippen molar-refractivity contribution in [1.82, 2.24) is 10.2 Å². The Bertz CT molecular complexity index is 479. The van der Waals surface area contributed by atoms with Crippen LogP contribution in [0.25, 0.3) is 0 Å². The Labute approximate surface area is 123 Å². The Morgan fingerprint density at radius 3 is 2.84 bits per heavy atom. The predicted octanol–water partition coefficient (Wildman–Crippen LogP) is 3.26. The first-order valence-electron chi connectivity index (χ1n) is 6.43. The number of hydrogen-bond donors (Lipinski definition) is 1. The molecular formula is C14H18Cl2N2O. The molecule has 19 heavy (non-hydrogen) atoms. The van der Waals surface area contributed by atoms with Crippen molar-refractivity contribution in [3.63, 3.8) is 0 Å². The normalized spacial score (nSPS) is 21.6. The van der Waals surface area contributed by atoms with Crippen LogP contribution in [-0.4, -0.2) is 30.4 Å². The number of rotatable bonds is 3. The van der Waals surface area contributed by atoms with Crippen molar-refractivity contribution < 1.29 is 4.79 Å². The lowest BCUT2D eigenvalue weighted by molar-refractivity contribution is -0.132. The van der Waals surface area contributed by atoms with Gasteiger partial charge in [0.2, 0.25) is 5.91 Å². The molecule has 0 spiro atoms. The molecule has 1 N–H and O–H groups in total. The molecule has 0 saturated carbocycles. The third-order valence-electron chi connectivity index (χ3n) is 3.56. The molecule has 0 radical (unpaired) electrons. The van der Waals surface area contributed by atoms with Crippen molar-refractivity contribution in [3.8, 4) is 0 Å². The van der Waals surface area contributed by atoms with Gasteiger partial charge in [-0.05, 0) is 25.0 Å². The van der Waals surface area contributed by atoms with Gasteiger partial charge < -0.3 is 10.2 Å². The van der Waals surface area contributed by atoms with E-state index in [9.17, 15) is 4.79 Å². The minimum absolute atomic E-state index is 0.109. The Morgan fingerprint density at radius 1 is 1.42 bits per heavy atom. The van der Waals surface area contributed by atoms with Gasteiger partial charge in [-0.25, -0.2) is 0 Å². The molecule has 104 valence electrons. The van der Waals surface area contributed by atoms with Crippen LogP contribution in [-0.2, 0) is 4.79 Å². The van der Waals surface area contributed by atoms with Crippen LogP contribution in [0.15, 0.2) is 18.2 Å². The standard InChI is InChI=1S/C14H18Cl2N2O/c1-9(11-4-3-5-12(15)14(11)16)17-10-6-7-13(19)18(2)8-10/h3-5,9-10,17H,6-8H2,1-2H3/t9-,10+/m0/s1. The van der Waals surface area contributed by atoms with E-state index in [1.807, 2.05) is 19.2 Å². The van der Waals surface area contributed by atoms with Crippen LogP contribution in [0.5, 0.6) is 0 Å². The summed E-state index contributed by atoms with van der Waals surface area (Å²) < 4.78 is 0. The monoisotopic (exact) mass is 300 g/mol. The zero-order chi connectivity index (χ0) is 14.0. The lowest BCUT2D eigenvalue weighted by atomic mass is 10.0. The van der Waals surface area contributed by atoms with Crippen LogP contribution in [0.3, 0.4) is 0 Å². The fourth-order valence-electron chi connectivity index (χ4n) is 2.45. The highest BCUT2D eigenvalue weighted by Gasteiger charge is 2.24. The van der Waals surface area contributed by atoms with Gasteiger partial charge >= 0.3 is 0 Å². The summed E-state index contributed by atoms with van der Waals surface area (Å²) in [5.41, 5.74) is 0.994. The number of hydrogen-bond acceptors (Lipinski definition) is 2. The predicted molar refractivity (Wildman–Crippen MR) is 78.7 cm³/mol. The fraction of sp³-hybridized carbons (Fsp3) is 0.500. The molecule has 1 aliphatic heterocycles. The van der Waals surface area contributed by atoms with Crippen LogP contribution >= 0.6 is 23.2 Å². The molecule has 2 rings (SSSR count). The van der Waals surface area contributed by atoms with E-state index < -0.39 is 0 Å². The first kappa shape index (κ1) is 14.6. The maximum absolute atomic E-state index is 11.5. The summed E-state index contributed by atoms with van der Waals surface area (Å²) in [7, 11) is 1.84. The van der Waals surface area contributed by atoms with Crippen molar-refractivity contribution in [2.45, 2.75) is 31.8 Å². The zero-order valence-corrected chi connectivity index (χ0v) is 12.6.